The molecule has 19 heteroatoms. The minimum absolute atomic E-state index is 0.00961. The number of aliphatic hydroxyl groups excluding tert-OH is 2. The number of ether oxygens (including phenoxy) is 7. The van der Waals surface area contributed by atoms with Crippen molar-refractivity contribution in [3.05, 3.63) is 81.4 Å². The molecule has 6 atom stereocenters. The third kappa shape index (κ3) is 9.84. The molecule has 1 heterocycles. The minimum Gasteiger partial charge on any atom is -0.507 e. The Morgan fingerprint density at radius 3 is 2.34 bits per heavy atom. The second-order valence-corrected chi connectivity index (χ2v) is 14.7. The highest BCUT2D eigenvalue weighted by molar-refractivity contribution is 6.31. The van der Waals surface area contributed by atoms with Gasteiger partial charge in [0.15, 0.2) is 17.9 Å². The van der Waals surface area contributed by atoms with Gasteiger partial charge in [-0.25, -0.2) is 4.79 Å². The number of hydrogen-bond donors (Lipinski definition) is 7. The molecule has 0 aromatic heterocycles. The van der Waals surface area contributed by atoms with Crippen LogP contribution in [0.25, 0.3) is 0 Å². The zero-order chi connectivity index (χ0) is 44.0. The van der Waals surface area contributed by atoms with Gasteiger partial charge in [0.05, 0.1) is 88.1 Å². The molecule has 8 N–H and O–H groups in total. The van der Waals surface area contributed by atoms with E-state index in [9.17, 15) is 44.4 Å². The lowest BCUT2D eigenvalue weighted by Crippen LogP contribution is -2.53. The van der Waals surface area contributed by atoms with Crippen LogP contribution in [0.1, 0.15) is 80.8 Å². The van der Waals surface area contributed by atoms with Gasteiger partial charge in [-0.1, -0.05) is 24.3 Å². The molecular formula is C42H48N2O17. The van der Waals surface area contributed by atoms with E-state index < -0.39 is 108 Å². The third-order valence-corrected chi connectivity index (χ3v) is 10.6. The maximum absolute atomic E-state index is 14.0. The van der Waals surface area contributed by atoms with Crippen molar-refractivity contribution in [2.45, 2.75) is 75.5 Å². The Morgan fingerprint density at radius 1 is 0.951 bits per heavy atom. The van der Waals surface area contributed by atoms with Crippen molar-refractivity contribution >= 4 is 29.4 Å². The molecule has 0 spiro atoms. The molecule has 6 rings (SSSR count). The van der Waals surface area contributed by atoms with E-state index in [2.05, 4.69) is 5.32 Å². The van der Waals surface area contributed by atoms with Gasteiger partial charge in [-0.2, -0.15) is 0 Å². The van der Waals surface area contributed by atoms with Crippen molar-refractivity contribution in [2.75, 3.05) is 46.7 Å². The Kier molecular flexibility index (Phi) is 14.4. The molecule has 3 aromatic carbocycles. The van der Waals surface area contributed by atoms with Gasteiger partial charge in [-0.3, -0.25) is 19.2 Å². The van der Waals surface area contributed by atoms with E-state index in [0.717, 1.165) is 0 Å². The number of nitrogens with two attached hydrogens (primary N) is 1. The molecule has 1 amide bonds. The van der Waals surface area contributed by atoms with Crippen molar-refractivity contribution in [1.82, 2.24) is 5.32 Å². The molecule has 2 aliphatic carbocycles. The number of nitrogens with one attached hydrogen (secondary N) is 1. The summed E-state index contributed by atoms with van der Waals surface area (Å²) in [6.45, 7) is 1.30. The minimum atomic E-state index is -2.39. The van der Waals surface area contributed by atoms with Crippen LogP contribution in [0.5, 0.6) is 23.0 Å². The molecule has 0 radical (unpaired) electrons. The largest absolute Gasteiger partial charge is 0.507 e. The number of Topliss-reactive ketones (excluding diaryl/α,β-unsaturated/α-hetero) is 1. The van der Waals surface area contributed by atoms with Crippen LogP contribution in [0.15, 0.2) is 42.5 Å². The van der Waals surface area contributed by atoms with E-state index in [1.165, 1.54) is 37.4 Å². The van der Waals surface area contributed by atoms with Gasteiger partial charge in [0.1, 0.15) is 35.2 Å². The van der Waals surface area contributed by atoms with Gasteiger partial charge >= 0.3 is 12.1 Å². The summed E-state index contributed by atoms with van der Waals surface area (Å²) >= 11 is 0. The van der Waals surface area contributed by atoms with Crippen LogP contribution in [-0.2, 0) is 46.3 Å². The second kappa shape index (κ2) is 19.5. The second-order valence-electron chi connectivity index (χ2n) is 14.7. The van der Waals surface area contributed by atoms with Crippen molar-refractivity contribution < 1.29 is 82.7 Å². The summed E-state index contributed by atoms with van der Waals surface area (Å²) in [6, 6.07) is 9.59. The lowest BCUT2D eigenvalue weighted by Gasteiger charge is -2.42. The maximum atomic E-state index is 14.0. The van der Waals surface area contributed by atoms with E-state index >= 15 is 0 Å². The average molecular weight is 853 g/mol. The summed E-state index contributed by atoms with van der Waals surface area (Å²) < 4.78 is 38.2. The number of alkyl carbamates (subject to hydrolysis) is 1. The summed E-state index contributed by atoms with van der Waals surface area (Å²) in [4.78, 5) is 66.4. The van der Waals surface area contributed by atoms with Crippen molar-refractivity contribution in [1.29, 1.82) is 0 Å². The highest BCUT2D eigenvalue weighted by atomic mass is 16.7. The standard InChI is InChI=1S/C42H48N2O17/c1-21-36(48)26(43)16-31(59-21)61-28-18-42(54,17-25-33(28)40(52)35-34(38(25)50)37(49)24-4-3-5-27(55-2)32(24)39(35)51)29(46)19-44-41(53)58-20-22-6-8-23(9-7-22)60-30(47)10-12-56-14-15-57-13-11-45/h3-9,21,26,28,31,36,45,48,50,52,54H,10-20,43H2,1-2H3,(H,44,53)/t21?,26?,28-,31?,36?,42-/m0/s1. The van der Waals surface area contributed by atoms with Gasteiger partial charge in [0.2, 0.25) is 5.78 Å². The van der Waals surface area contributed by atoms with Crippen LogP contribution >= 0.6 is 0 Å². The number of aromatic hydroxyl groups is 2. The van der Waals surface area contributed by atoms with Crippen LogP contribution in [-0.4, -0.2) is 132 Å². The van der Waals surface area contributed by atoms with E-state index in [1.807, 2.05) is 0 Å². The summed E-state index contributed by atoms with van der Waals surface area (Å²) in [6.07, 6.45) is -6.77. The third-order valence-electron chi connectivity index (χ3n) is 10.6. The first-order valence-corrected chi connectivity index (χ1v) is 19.5. The number of ketones is 3. The van der Waals surface area contributed by atoms with Crippen molar-refractivity contribution in [2.24, 2.45) is 5.73 Å². The zero-order valence-corrected chi connectivity index (χ0v) is 33.4. The van der Waals surface area contributed by atoms with E-state index in [0.29, 0.717) is 5.56 Å². The number of phenolic OH excluding ortho intramolecular Hbond substituents is 2. The van der Waals surface area contributed by atoms with Gasteiger partial charge in [-0.15, -0.1) is 0 Å². The molecule has 19 nitrogen and oxygen atoms in total. The molecule has 0 bridgehead atoms. The first-order chi connectivity index (χ1) is 29.2. The number of aliphatic hydroxyl groups is 3. The molecule has 1 aliphatic heterocycles. The number of rotatable bonds is 17. The Morgan fingerprint density at radius 2 is 1.66 bits per heavy atom. The molecule has 328 valence electrons. The van der Waals surface area contributed by atoms with Crippen LogP contribution in [0.4, 0.5) is 4.79 Å². The molecule has 1 fully saturated rings. The van der Waals surface area contributed by atoms with Gasteiger partial charge in [0, 0.05) is 42.0 Å². The summed E-state index contributed by atoms with van der Waals surface area (Å²) in [5, 5.41) is 56.8. The first-order valence-electron chi connectivity index (χ1n) is 19.5. The molecule has 3 aromatic rings. The van der Waals surface area contributed by atoms with E-state index in [4.69, 9.17) is 44.0 Å². The lowest BCUT2D eigenvalue weighted by atomic mass is 9.71. The Balaban J connectivity index is 1.13. The van der Waals surface area contributed by atoms with Crippen LogP contribution < -0.4 is 20.5 Å². The fourth-order valence-corrected chi connectivity index (χ4v) is 7.50. The quantitative estimate of drug-likeness (QED) is 0.0341. The number of carbonyl (C=O) groups is 5. The molecule has 0 saturated carbocycles. The molecule has 3 aliphatic rings. The number of fused-ring (bicyclic) bond motifs is 3. The summed E-state index contributed by atoms with van der Waals surface area (Å²) in [5.74, 6) is -4.31. The number of carbonyl (C=O) groups excluding carboxylic acids is 5. The Hall–Kier alpha value is -5.51. The topological polar surface area (TPSA) is 289 Å². The summed E-state index contributed by atoms with van der Waals surface area (Å²) in [5.41, 5.74) is 2.51. The molecule has 61 heavy (non-hydrogen) atoms. The molecule has 4 unspecified atom stereocenters. The number of phenols is 2. The normalized spacial score (nSPS) is 23.0. The smallest absolute Gasteiger partial charge is 0.407 e. The number of methoxy groups -OCH3 is 1. The average Bonchev–Trinajstić information content (AvgIpc) is 3.23. The Bertz CT molecular complexity index is 2130. The van der Waals surface area contributed by atoms with Gasteiger partial charge in [0.25, 0.3) is 0 Å². The Labute approximate surface area is 349 Å². The lowest BCUT2D eigenvalue weighted by molar-refractivity contribution is -0.247. The summed E-state index contributed by atoms with van der Waals surface area (Å²) in [7, 11) is 1.30. The van der Waals surface area contributed by atoms with Crippen LogP contribution in [0.3, 0.4) is 0 Å². The maximum Gasteiger partial charge on any atom is 0.407 e. The number of benzene rings is 3. The predicted molar refractivity (Wildman–Crippen MR) is 208 cm³/mol. The zero-order valence-electron chi connectivity index (χ0n) is 33.4. The monoisotopic (exact) mass is 852 g/mol. The fourth-order valence-electron chi connectivity index (χ4n) is 7.50. The van der Waals surface area contributed by atoms with Crippen LogP contribution in [0.2, 0.25) is 0 Å². The molecule has 1 saturated heterocycles. The van der Waals surface area contributed by atoms with Crippen LogP contribution in [0, 0.1) is 0 Å². The van der Waals surface area contributed by atoms with Gasteiger partial charge < -0.3 is 69.7 Å². The number of hydrogen-bond acceptors (Lipinski definition) is 18. The number of esters is 1. The van der Waals surface area contributed by atoms with Crippen molar-refractivity contribution in [3.8, 4) is 23.0 Å². The van der Waals surface area contributed by atoms with Crippen molar-refractivity contribution in [3.63, 3.8) is 0 Å². The predicted octanol–water partition coefficient (Wildman–Crippen LogP) is 1.26. The van der Waals surface area contributed by atoms with E-state index in [1.54, 1.807) is 19.1 Å². The SMILES string of the molecule is COc1cccc2c1C(=O)c1c(O)c3c(c(O)c1C2=O)C[C@@](O)(C(=O)CNC(=O)OCc1ccc(OC(=O)CCOCCOCCO)cc1)C[C@@H]3OC1CC(N)C(O)C(C)O1. The first kappa shape index (κ1) is 45.0. The van der Waals surface area contributed by atoms with Gasteiger partial charge in [-0.05, 0) is 30.7 Å². The highest BCUT2D eigenvalue weighted by Crippen LogP contribution is 2.52. The number of amides is 1. The highest BCUT2D eigenvalue weighted by Gasteiger charge is 2.50. The molecular weight excluding hydrogens is 804 g/mol. The fraction of sp³-hybridized carbons (Fsp3) is 0.452. The van der Waals surface area contributed by atoms with E-state index in [-0.39, 0.29) is 86.2 Å².